The van der Waals surface area contributed by atoms with Gasteiger partial charge in [0, 0.05) is 32.3 Å². The first-order valence-electron chi connectivity index (χ1n) is 10.3. The molecule has 0 saturated heterocycles. The number of nitrogens with zero attached hydrogens (tertiary/aromatic N) is 3. The molecule has 8 nitrogen and oxygen atoms in total. The first-order valence-corrected chi connectivity index (χ1v) is 10.7. The maximum Gasteiger partial charge on any atom is 0.429 e. The zero-order valence-corrected chi connectivity index (χ0v) is 19.5. The van der Waals surface area contributed by atoms with Gasteiger partial charge in [0.15, 0.2) is 0 Å². The van der Waals surface area contributed by atoms with Crippen LogP contribution in [0.25, 0.3) is 6.08 Å². The molecular formula is C22H31ClN4O4. The standard InChI is InChI=1S/C22H31ClN4O4/c1-22(2,3)31-21(30)27(18-8-6-7-15(13-18)20(29)26(4)5)25-19(28)12-11-17-10-9-16(23)14-24-17/h9-12,14-15,18H,6-8,13H2,1-5H3,(H,25,28)/t15-,18?/m0/s1. The van der Waals surface area contributed by atoms with E-state index in [1.807, 2.05) is 0 Å². The Kier molecular flexibility index (Phi) is 8.44. The molecule has 2 atom stereocenters. The molecule has 0 radical (unpaired) electrons. The van der Waals surface area contributed by atoms with Crippen molar-refractivity contribution in [1.82, 2.24) is 20.3 Å². The fraction of sp³-hybridized carbons (Fsp3) is 0.545. The molecule has 0 bridgehead atoms. The summed E-state index contributed by atoms with van der Waals surface area (Å²) in [5.74, 6) is -0.679. The number of rotatable bonds is 4. The third kappa shape index (κ3) is 7.86. The van der Waals surface area contributed by atoms with Crippen molar-refractivity contribution in [1.29, 1.82) is 0 Å². The van der Waals surface area contributed by atoms with Crippen LogP contribution in [0.1, 0.15) is 52.1 Å². The van der Waals surface area contributed by atoms with Gasteiger partial charge in [-0.3, -0.25) is 20.0 Å². The Bertz CT molecular complexity index is 818. The van der Waals surface area contributed by atoms with E-state index in [0.717, 1.165) is 12.8 Å². The van der Waals surface area contributed by atoms with Crippen LogP contribution in [0.4, 0.5) is 4.79 Å². The first kappa shape index (κ1) is 24.7. The van der Waals surface area contributed by atoms with Crippen LogP contribution >= 0.6 is 11.6 Å². The van der Waals surface area contributed by atoms with Crippen LogP contribution in [0.15, 0.2) is 24.4 Å². The summed E-state index contributed by atoms with van der Waals surface area (Å²) in [4.78, 5) is 43.5. The smallest absolute Gasteiger partial charge is 0.429 e. The van der Waals surface area contributed by atoms with Crippen LogP contribution < -0.4 is 5.43 Å². The lowest BCUT2D eigenvalue weighted by atomic mass is 9.84. The molecule has 1 aliphatic rings. The predicted molar refractivity (Wildman–Crippen MR) is 119 cm³/mol. The van der Waals surface area contributed by atoms with E-state index in [9.17, 15) is 14.4 Å². The van der Waals surface area contributed by atoms with Crippen molar-refractivity contribution in [2.24, 2.45) is 5.92 Å². The second-order valence-electron chi connectivity index (χ2n) is 8.81. The Morgan fingerprint density at radius 1 is 1.23 bits per heavy atom. The number of hydrogen-bond acceptors (Lipinski definition) is 5. The topological polar surface area (TPSA) is 91.8 Å². The average Bonchev–Trinajstić information content (AvgIpc) is 2.69. The lowest BCUT2D eigenvalue weighted by Gasteiger charge is -2.37. The second-order valence-corrected chi connectivity index (χ2v) is 9.25. The van der Waals surface area contributed by atoms with Gasteiger partial charge in [-0.05, 0) is 58.2 Å². The Labute approximate surface area is 188 Å². The number of amides is 3. The Balaban J connectivity index is 2.15. The number of halogens is 1. The van der Waals surface area contributed by atoms with E-state index < -0.39 is 17.6 Å². The number of pyridine rings is 1. The lowest BCUT2D eigenvalue weighted by molar-refractivity contribution is -0.135. The number of carbonyl (C=O) groups is 3. The van der Waals surface area contributed by atoms with Gasteiger partial charge in [-0.15, -0.1) is 0 Å². The maximum absolute atomic E-state index is 12.9. The van der Waals surface area contributed by atoms with Crippen molar-refractivity contribution in [2.75, 3.05) is 14.1 Å². The fourth-order valence-corrected chi connectivity index (χ4v) is 3.50. The van der Waals surface area contributed by atoms with Crippen molar-refractivity contribution in [2.45, 2.75) is 58.1 Å². The number of carbonyl (C=O) groups excluding carboxylic acids is 3. The molecule has 3 amide bonds. The zero-order chi connectivity index (χ0) is 23.2. The van der Waals surface area contributed by atoms with Crippen LogP contribution in [-0.2, 0) is 14.3 Å². The zero-order valence-electron chi connectivity index (χ0n) is 18.7. The maximum atomic E-state index is 12.9. The monoisotopic (exact) mass is 450 g/mol. The number of nitrogens with one attached hydrogen (secondary N) is 1. The van der Waals surface area contributed by atoms with Gasteiger partial charge in [0.25, 0.3) is 5.91 Å². The van der Waals surface area contributed by atoms with Crippen LogP contribution in [0.2, 0.25) is 5.02 Å². The third-order valence-corrected chi connectivity index (χ3v) is 5.00. The number of hydrazine groups is 1. The van der Waals surface area contributed by atoms with Crippen molar-refractivity contribution >= 4 is 35.6 Å². The molecule has 31 heavy (non-hydrogen) atoms. The fourth-order valence-electron chi connectivity index (χ4n) is 3.39. The third-order valence-electron chi connectivity index (χ3n) is 4.78. The molecule has 1 aromatic heterocycles. The summed E-state index contributed by atoms with van der Waals surface area (Å²) in [5.41, 5.74) is 2.46. The molecule has 1 N–H and O–H groups in total. The van der Waals surface area contributed by atoms with E-state index in [-0.39, 0.29) is 17.9 Å². The van der Waals surface area contributed by atoms with Gasteiger partial charge >= 0.3 is 6.09 Å². The van der Waals surface area contributed by atoms with Crippen molar-refractivity contribution in [3.05, 3.63) is 35.1 Å². The van der Waals surface area contributed by atoms with E-state index >= 15 is 0 Å². The van der Waals surface area contributed by atoms with E-state index in [1.54, 1.807) is 51.9 Å². The molecule has 1 fully saturated rings. The SMILES string of the molecule is CN(C)C(=O)[C@H]1CCCC(N(NC(=O)C=Cc2ccc(Cl)cn2)C(=O)OC(C)(C)C)C1. The number of aromatic nitrogens is 1. The highest BCUT2D eigenvalue weighted by molar-refractivity contribution is 6.30. The highest BCUT2D eigenvalue weighted by atomic mass is 35.5. The second kappa shape index (κ2) is 10.6. The van der Waals surface area contributed by atoms with E-state index in [1.165, 1.54) is 23.4 Å². The Morgan fingerprint density at radius 2 is 1.94 bits per heavy atom. The largest absolute Gasteiger partial charge is 0.442 e. The van der Waals surface area contributed by atoms with Crippen LogP contribution in [0.3, 0.4) is 0 Å². The molecule has 2 rings (SSSR count). The van der Waals surface area contributed by atoms with Crippen molar-refractivity contribution in [3.8, 4) is 0 Å². The molecule has 0 spiro atoms. The summed E-state index contributed by atoms with van der Waals surface area (Å²) >= 11 is 5.82. The molecule has 1 heterocycles. The van der Waals surface area contributed by atoms with Gasteiger partial charge in [0.2, 0.25) is 5.91 Å². The average molecular weight is 451 g/mol. The molecule has 170 valence electrons. The molecule has 1 unspecified atom stereocenters. The summed E-state index contributed by atoms with van der Waals surface area (Å²) in [6, 6.07) is 3.00. The van der Waals surface area contributed by atoms with Gasteiger partial charge in [0.05, 0.1) is 16.8 Å². The highest BCUT2D eigenvalue weighted by Gasteiger charge is 2.36. The molecular weight excluding hydrogens is 420 g/mol. The quantitative estimate of drug-likeness (QED) is 0.558. The summed E-state index contributed by atoms with van der Waals surface area (Å²) in [6.45, 7) is 5.28. The summed E-state index contributed by atoms with van der Waals surface area (Å²) in [6.07, 6.45) is 6.30. The van der Waals surface area contributed by atoms with E-state index in [2.05, 4.69) is 10.4 Å². The van der Waals surface area contributed by atoms with Gasteiger partial charge < -0.3 is 9.64 Å². The van der Waals surface area contributed by atoms with Gasteiger partial charge in [-0.1, -0.05) is 18.0 Å². The van der Waals surface area contributed by atoms with Gasteiger partial charge in [-0.25, -0.2) is 9.80 Å². The molecule has 1 aliphatic carbocycles. The van der Waals surface area contributed by atoms with Crippen LogP contribution in [-0.4, -0.2) is 58.5 Å². The summed E-state index contributed by atoms with van der Waals surface area (Å²) < 4.78 is 5.50. The Hall–Kier alpha value is -2.61. The van der Waals surface area contributed by atoms with Gasteiger partial charge in [-0.2, -0.15) is 0 Å². The van der Waals surface area contributed by atoms with E-state index in [4.69, 9.17) is 16.3 Å². The summed E-state index contributed by atoms with van der Waals surface area (Å²) in [5, 5.41) is 1.72. The predicted octanol–water partition coefficient (Wildman–Crippen LogP) is 3.66. The van der Waals surface area contributed by atoms with Gasteiger partial charge in [0.1, 0.15) is 5.60 Å². The van der Waals surface area contributed by atoms with Crippen molar-refractivity contribution < 1.29 is 19.1 Å². The summed E-state index contributed by atoms with van der Waals surface area (Å²) in [7, 11) is 3.43. The lowest BCUT2D eigenvalue weighted by Crippen LogP contribution is -2.55. The first-order chi connectivity index (χ1) is 14.5. The molecule has 1 aromatic rings. The van der Waals surface area contributed by atoms with E-state index in [0.29, 0.717) is 23.6 Å². The molecule has 9 heteroatoms. The number of ether oxygens (including phenoxy) is 1. The normalized spacial score (nSPS) is 19.0. The molecule has 0 aliphatic heterocycles. The minimum atomic E-state index is -0.726. The van der Waals surface area contributed by atoms with Crippen molar-refractivity contribution in [3.63, 3.8) is 0 Å². The molecule has 1 saturated carbocycles. The molecule has 0 aromatic carbocycles. The Morgan fingerprint density at radius 3 is 2.52 bits per heavy atom. The minimum Gasteiger partial charge on any atom is -0.442 e. The minimum absolute atomic E-state index is 0.0221. The number of hydrogen-bond donors (Lipinski definition) is 1. The van der Waals surface area contributed by atoms with Crippen LogP contribution in [0, 0.1) is 5.92 Å². The highest BCUT2D eigenvalue weighted by Crippen LogP contribution is 2.29. The van der Waals surface area contributed by atoms with Crippen LogP contribution in [0.5, 0.6) is 0 Å².